The minimum absolute atomic E-state index is 0.808. The Morgan fingerprint density at radius 3 is 2.35 bits per heavy atom. The fourth-order valence-electron chi connectivity index (χ4n) is 2.04. The lowest BCUT2D eigenvalue weighted by atomic mass is 10.1. The molecule has 0 aromatic heterocycles. The zero-order valence-corrected chi connectivity index (χ0v) is 10.0. The number of rotatable bonds is 3. The number of benzene rings is 2. The van der Waals surface area contributed by atoms with Crippen molar-refractivity contribution in [1.82, 2.24) is 0 Å². The highest BCUT2D eigenvalue weighted by atomic mass is 16.5. The normalized spacial score (nSPS) is 14.6. The van der Waals surface area contributed by atoms with E-state index in [-0.39, 0.29) is 0 Å². The Labute approximate surface area is 102 Å². The lowest BCUT2D eigenvalue weighted by Gasteiger charge is -2.07. The van der Waals surface area contributed by atoms with Crippen molar-refractivity contribution < 1.29 is 4.74 Å². The molecule has 2 aromatic carbocycles. The molecule has 0 N–H and O–H groups in total. The predicted molar refractivity (Wildman–Crippen MR) is 69.7 cm³/mol. The van der Waals surface area contributed by atoms with Crippen LogP contribution in [0.2, 0.25) is 0 Å². The molecule has 2 aromatic rings. The molecule has 0 amide bonds. The van der Waals surface area contributed by atoms with Gasteiger partial charge in [0.2, 0.25) is 0 Å². The Morgan fingerprint density at radius 2 is 1.71 bits per heavy atom. The Morgan fingerprint density at radius 1 is 0.941 bits per heavy atom. The van der Waals surface area contributed by atoms with Crippen LogP contribution in [-0.2, 0) is 0 Å². The van der Waals surface area contributed by atoms with Gasteiger partial charge in [-0.15, -0.1) is 0 Å². The molecule has 0 saturated heterocycles. The molecule has 1 heteroatoms. The van der Waals surface area contributed by atoms with Gasteiger partial charge in [-0.3, -0.25) is 0 Å². The maximum Gasteiger partial charge on any atom is 0.127 e. The van der Waals surface area contributed by atoms with Crippen molar-refractivity contribution in [2.75, 3.05) is 0 Å². The highest BCUT2D eigenvalue weighted by molar-refractivity contribution is 5.36. The molecule has 0 aliphatic heterocycles. The third kappa shape index (κ3) is 2.50. The summed E-state index contributed by atoms with van der Waals surface area (Å²) < 4.78 is 5.81. The number of aryl methyl sites for hydroxylation is 1. The third-order valence-electron chi connectivity index (χ3n) is 3.15. The second-order valence-electron chi connectivity index (χ2n) is 4.76. The second-order valence-corrected chi connectivity index (χ2v) is 4.76. The molecule has 0 unspecified atom stereocenters. The molecule has 17 heavy (non-hydrogen) atoms. The molecule has 1 aliphatic carbocycles. The molecule has 0 radical (unpaired) electrons. The van der Waals surface area contributed by atoms with Gasteiger partial charge >= 0.3 is 0 Å². The van der Waals surface area contributed by atoms with Gasteiger partial charge < -0.3 is 4.74 Å². The summed E-state index contributed by atoms with van der Waals surface area (Å²) in [6.45, 7) is 2.07. The largest absolute Gasteiger partial charge is 0.457 e. The molecule has 1 saturated carbocycles. The third-order valence-corrected chi connectivity index (χ3v) is 3.15. The first-order valence-corrected chi connectivity index (χ1v) is 6.16. The van der Waals surface area contributed by atoms with E-state index in [0.717, 1.165) is 17.4 Å². The minimum Gasteiger partial charge on any atom is -0.457 e. The molecule has 0 bridgehead atoms. The first kappa shape index (κ1) is 10.4. The van der Waals surface area contributed by atoms with Crippen LogP contribution in [0, 0.1) is 6.92 Å². The Kier molecular flexibility index (Phi) is 2.60. The molecule has 0 atom stereocenters. The predicted octanol–water partition coefficient (Wildman–Crippen LogP) is 4.66. The van der Waals surface area contributed by atoms with Gasteiger partial charge in [-0.1, -0.05) is 24.3 Å². The SMILES string of the molecule is Cc1cccc(Oc2ccc(C3CC3)cc2)c1. The van der Waals surface area contributed by atoms with Gasteiger partial charge in [0.1, 0.15) is 11.5 Å². The molecule has 1 nitrogen and oxygen atoms in total. The summed E-state index contributed by atoms with van der Waals surface area (Å²) in [5.74, 6) is 2.63. The Bertz CT molecular complexity index is 509. The molecular weight excluding hydrogens is 208 g/mol. The molecule has 86 valence electrons. The van der Waals surface area contributed by atoms with E-state index in [4.69, 9.17) is 4.74 Å². The quantitative estimate of drug-likeness (QED) is 0.736. The lowest BCUT2D eigenvalue weighted by Crippen LogP contribution is -1.85. The van der Waals surface area contributed by atoms with Gasteiger partial charge in [0.25, 0.3) is 0 Å². The summed E-state index contributed by atoms with van der Waals surface area (Å²) in [5.41, 5.74) is 2.67. The van der Waals surface area contributed by atoms with Crippen molar-refractivity contribution in [3.8, 4) is 11.5 Å². The van der Waals surface area contributed by atoms with E-state index in [1.165, 1.54) is 24.0 Å². The smallest absolute Gasteiger partial charge is 0.127 e. The standard InChI is InChI=1S/C16H16O/c1-12-3-2-4-16(11-12)17-15-9-7-14(8-10-15)13-5-6-13/h2-4,7-11,13H,5-6H2,1H3. The monoisotopic (exact) mass is 224 g/mol. The highest BCUT2D eigenvalue weighted by Gasteiger charge is 2.22. The summed E-state index contributed by atoms with van der Waals surface area (Å²) in [6.07, 6.45) is 2.69. The molecule has 1 fully saturated rings. The van der Waals surface area contributed by atoms with Gasteiger partial charge in [0.05, 0.1) is 0 Å². The van der Waals surface area contributed by atoms with Crippen molar-refractivity contribution in [3.05, 3.63) is 59.7 Å². The van der Waals surface area contributed by atoms with E-state index in [1.807, 2.05) is 12.1 Å². The van der Waals surface area contributed by atoms with Gasteiger partial charge in [-0.25, -0.2) is 0 Å². The summed E-state index contributed by atoms with van der Waals surface area (Å²) >= 11 is 0. The van der Waals surface area contributed by atoms with Crippen LogP contribution in [0.1, 0.15) is 29.9 Å². The van der Waals surface area contributed by atoms with E-state index in [0.29, 0.717) is 0 Å². The van der Waals surface area contributed by atoms with E-state index in [1.54, 1.807) is 0 Å². The zero-order valence-electron chi connectivity index (χ0n) is 10.0. The molecule has 0 heterocycles. The first-order valence-electron chi connectivity index (χ1n) is 6.16. The van der Waals surface area contributed by atoms with E-state index < -0.39 is 0 Å². The maximum atomic E-state index is 5.81. The van der Waals surface area contributed by atoms with Crippen molar-refractivity contribution >= 4 is 0 Å². The van der Waals surface area contributed by atoms with Crippen LogP contribution < -0.4 is 4.74 Å². The van der Waals surface area contributed by atoms with Crippen molar-refractivity contribution in [2.24, 2.45) is 0 Å². The van der Waals surface area contributed by atoms with Gasteiger partial charge in [-0.2, -0.15) is 0 Å². The highest BCUT2D eigenvalue weighted by Crippen LogP contribution is 2.40. The molecule has 0 spiro atoms. The van der Waals surface area contributed by atoms with Crippen LogP contribution >= 0.6 is 0 Å². The van der Waals surface area contributed by atoms with E-state index >= 15 is 0 Å². The number of hydrogen-bond acceptors (Lipinski definition) is 1. The molecular formula is C16H16O. The minimum atomic E-state index is 0.808. The number of hydrogen-bond donors (Lipinski definition) is 0. The average molecular weight is 224 g/mol. The Hall–Kier alpha value is -1.76. The lowest BCUT2D eigenvalue weighted by molar-refractivity contribution is 0.482. The van der Waals surface area contributed by atoms with Crippen LogP contribution in [0.4, 0.5) is 0 Å². The fourth-order valence-corrected chi connectivity index (χ4v) is 2.04. The zero-order chi connectivity index (χ0) is 11.7. The van der Waals surface area contributed by atoms with Crippen LogP contribution in [0.15, 0.2) is 48.5 Å². The van der Waals surface area contributed by atoms with Crippen LogP contribution in [0.5, 0.6) is 11.5 Å². The summed E-state index contributed by atoms with van der Waals surface area (Å²) in [4.78, 5) is 0. The maximum absolute atomic E-state index is 5.81. The second kappa shape index (κ2) is 4.25. The van der Waals surface area contributed by atoms with Crippen LogP contribution in [0.25, 0.3) is 0 Å². The van der Waals surface area contributed by atoms with Crippen molar-refractivity contribution in [1.29, 1.82) is 0 Å². The topological polar surface area (TPSA) is 9.23 Å². The van der Waals surface area contributed by atoms with E-state index in [9.17, 15) is 0 Å². The first-order chi connectivity index (χ1) is 8.31. The van der Waals surface area contributed by atoms with E-state index in [2.05, 4.69) is 43.3 Å². The van der Waals surface area contributed by atoms with Crippen molar-refractivity contribution in [2.45, 2.75) is 25.7 Å². The summed E-state index contributed by atoms with van der Waals surface area (Å²) in [5, 5.41) is 0. The van der Waals surface area contributed by atoms with Gasteiger partial charge in [-0.05, 0) is 61.1 Å². The van der Waals surface area contributed by atoms with Gasteiger partial charge in [0, 0.05) is 0 Å². The molecule has 1 aliphatic rings. The molecule has 3 rings (SSSR count). The number of ether oxygens (including phenoxy) is 1. The van der Waals surface area contributed by atoms with Gasteiger partial charge in [0.15, 0.2) is 0 Å². The van der Waals surface area contributed by atoms with Crippen molar-refractivity contribution in [3.63, 3.8) is 0 Å². The van der Waals surface area contributed by atoms with Crippen LogP contribution in [0.3, 0.4) is 0 Å². The summed E-state index contributed by atoms with van der Waals surface area (Å²) in [7, 11) is 0. The Balaban J connectivity index is 1.76. The van der Waals surface area contributed by atoms with Crippen LogP contribution in [-0.4, -0.2) is 0 Å². The fraction of sp³-hybridized carbons (Fsp3) is 0.250. The summed E-state index contributed by atoms with van der Waals surface area (Å²) in [6, 6.07) is 16.6. The average Bonchev–Trinajstić information content (AvgIpc) is 3.14.